The molecule has 3 N–H and O–H groups in total. The van der Waals surface area contributed by atoms with Gasteiger partial charge in [0.2, 0.25) is 5.96 Å². The summed E-state index contributed by atoms with van der Waals surface area (Å²) in [4.78, 5) is 31.0. The van der Waals surface area contributed by atoms with Gasteiger partial charge in [0.1, 0.15) is 12.1 Å². The minimum Gasteiger partial charge on any atom is -0.369 e. The van der Waals surface area contributed by atoms with Crippen LogP contribution >= 0.6 is 15.9 Å². The van der Waals surface area contributed by atoms with Gasteiger partial charge in [0.15, 0.2) is 0 Å². The first-order valence-corrected chi connectivity index (χ1v) is 8.75. The molecule has 1 aromatic carbocycles. The summed E-state index contributed by atoms with van der Waals surface area (Å²) in [5.74, 6) is 0.140. The predicted molar refractivity (Wildman–Crippen MR) is 97.1 cm³/mol. The average Bonchev–Trinajstić information content (AvgIpc) is 3.12. The van der Waals surface area contributed by atoms with Gasteiger partial charge < -0.3 is 10.1 Å². The molecule has 0 spiro atoms. The van der Waals surface area contributed by atoms with Crippen molar-refractivity contribution in [3.8, 4) is 0 Å². The molecule has 0 unspecified atom stereocenters. The van der Waals surface area contributed by atoms with Crippen LogP contribution in [-0.2, 0) is 14.4 Å². The summed E-state index contributed by atoms with van der Waals surface area (Å²) in [5, 5.41) is 19.5. The second-order valence-corrected chi connectivity index (χ2v) is 6.16. The number of anilines is 1. The number of carbonyl (C=O) groups is 1. The summed E-state index contributed by atoms with van der Waals surface area (Å²) < 4.78 is 5.89. The molecule has 12 heteroatoms. The molecule has 0 atom stereocenters. The summed E-state index contributed by atoms with van der Waals surface area (Å²) in [6.07, 6.45) is 3.22. The minimum absolute atomic E-state index is 0.0198. The van der Waals surface area contributed by atoms with Crippen LogP contribution in [0.5, 0.6) is 0 Å². The number of benzene rings is 1. The van der Waals surface area contributed by atoms with Crippen molar-refractivity contribution in [3.05, 3.63) is 29.0 Å². The van der Waals surface area contributed by atoms with E-state index in [-0.39, 0.29) is 25.7 Å². The number of carbonyl (C=O) groups excluding carboxylic acids is 1. The van der Waals surface area contributed by atoms with Gasteiger partial charge >= 0.3 is 0 Å². The standard InChI is InChI=1S/C15H17BrN6O5/c16-13-10(1-2-11-14(13)18-4-3-17-11)20-15-19-5-6-21(15)12(23)9-26-7-8-27-22(24)25/h1-4,24-25H,5-9H2,(H,19,20). The Bertz CT molecular complexity index is 849. The Balaban J connectivity index is 1.60. The van der Waals surface area contributed by atoms with E-state index in [9.17, 15) is 4.79 Å². The fourth-order valence-electron chi connectivity index (χ4n) is 2.43. The predicted octanol–water partition coefficient (Wildman–Crippen LogP) is 1.03. The Morgan fingerprint density at radius 3 is 2.93 bits per heavy atom. The van der Waals surface area contributed by atoms with Crippen molar-refractivity contribution >= 4 is 44.5 Å². The zero-order valence-corrected chi connectivity index (χ0v) is 15.7. The van der Waals surface area contributed by atoms with Crippen LogP contribution in [0.3, 0.4) is 0 Å². The lowest BCUT2D eigenvalue weighted by Gasteiger charge is -2.20. The number of aromatic nitrogens is 2. The van der Waals surface area contributed by atoms with Crippen molar-refractivity contribution in [2.75, 3.05) is 38.2 Å². The van der Waals surface area contributed by atoms with Gasteiger partial charge in [0, 0.05) is 18.9 Å². The Morgan fingerprint density at radius 1 is 1.30 bits per heavy atom. The van der Waals surface area contributed by atoms with Crippen LogP contribution in [0.4, 0.5) is 5.69 Å². The molecule has 0 radical (unpaired) electrons. The second kappa shape index (κ2) is 9.12. The first-order chi connectivity index (χ1) is 13.1. The van der Waals surface area contributed by atoms with E-state index in [0.717, 1.165) is 9.99 Å². The van der Waals surface area contributed by atoms with E-state index in [0.29, 0.717) is 30.3 Å². The summed E-state index contributed by atoms with van der Waals surface area (Å²) in [5.41, 5.74) is 2.15. The summed E-state index contributed by atoms with van der Waals surface area (Å²) in [6.45, 7) is 0.640. The van der Waals surface area contributed by atoms with Gasteiger partial charge in [-0.1, -0.05) is 0 Å². The van der Waals surface area contributed by atoms with Crippen LogP contribution in [-0.4, -0.2) is 75.4 Å². The lowest BCUT2D eigenvalue weighted by molar-refractivity contribution is -0.493. The first-order valence-electron chi connectivity index (χ1n) is 7.96. The number of fused-ring (bicyclic) bond motifs is 1. The second-order valence-electron chi connectivity index (χ2n) is 5.37. The van der Waals surface area contributed by atoms with Gasteiger partial charge in [-0.25, -0.2) is 4.84 Å². The Hall–Kier alpha value is -2.22. The third-order valence-electron chi connectivity index (χ3n) is 3.63. The van der Waals surface area contributed by atoms with Crippen molar-refractivity contribution in [1.29, 1.82) is 0 Å². The van der Waals surface area contributed by atoms with Crippen LogP contribution in [0.15, 0.2) is 34.0 Å². The van der Waals surface area contributed by atoms with E-state index < -0.39 is 5.39 Å². The zero-order valence-electron chi connectivity index (χ0n) is 14.1. The van der Waals surface area contributed by atoms with Gasteiger partial charge in [-0.3, -0.25) is 35.1 Å². The van der Waals surface area contributed by atoms with Crippen LogP contribution < -0.4 is 5.32 Å². The molecule has 0 aliphatic carbocycles. The molecule has 2 heterocycles. The Kier molecular flexibility index (Phi) is 6.60. The molecule has 0 saturated carbocycles. The fraction of sp³-hybridized carbons (Fsp3) is 0.333. The molecular formula is C15H17BrN6O5. The molecule has 1 aromatic heterocycles. The molecule has 1 aliphatic heterocycles. The van der Waals surface area contributed by atoms with E-state index in [1.54, 1.807) is 12.4 Å². The molecule has 0 saturated heterocycles. The number of hydrogen-bond donors (Lipinski definition) is 3. The molecule has 3 rings (SSSR count). The summed E-state index contributed by atoms with van der Waals surface area (Å²) >= 11 is 3.51. The molecule has 0 fully saturated rings. The van der Waals surface area contributed by atoms with Gasteiger partial charge in [-0.15, -0.1) is 0 Å². The van der Waals surface area contributed by atoms with Gasteiger partial charge in [0.05, 0.1) is 40.8 Å². The van der Waals surface area contributed by atoms with Crippen LogP contribution in [0.2, 0.25) is 0 Å². The Morgan fingerprint density at radius 2 is 2.11 bits per heavy atom. The maximum Gasteiger partial charge on any atom is 0.255 e. The van der Waals surface area contributed by atoms with Crippen molar-refractivity contribution in [1.82, 2.24) is 20.3 Å². The minimum atomic E-state index is -0.411. The number of ether oxygens (including phenoxy) is 1. The summed E-state index contributed by atoms with van der Waals surface area (Å²) in [6, 6.07) is 3.65. The van der Waals surface area contributed by atoms with E-state index in [2.05, 4.69) is 41.0 Å². The number of hydrogen-bond acceptors (Lipinski definition) is 10. The van der Waals surface area contributed by atoms with Gasteiger partial charge in [-0.05, 0) is 28.1 Å². The highest BCUT2D eigenvalue weighted by Gasteiger charge is 2.24. The fourth-order valence-corrected chi connectivity index (χ4v) is 2.97. The van der Waals surface area contributed by atoms with Crippen LogP contribution in [0.1, 0.15) is 0 Å². The largest absolute Gasteiger partial charge is 0.369 e. The van der Waals surface area contributed by atoms with E-state index in [1.807, 2.05) is 12.1 Å². The molecular weight excluding hydrogens is 424 g/mol. The molecule has 11 nitrogen and oxygen atoms in total. The van der Waals surface area contributed by atoms with Crippen molar-refractivity contribution < 1.29 is 24.8 Å². The first kappa shape index (κ1) is 19.5. The maximum atomic E-state index is 12.3. The molecule has 2 aromatic rings. The quantitative estimate of drug-likeness (QED) is 0.426. The zero-order chi connectivity index (χ0) is 19.2. The third kappa shape index (κ3) is 4.94. The van der Waals surface area contributed by atoms with Crippen molar-refractivity contribution in [2.45, 2.75) is 0 Å². The lowest BCUT2D eigenvalue weighted by atomic mass is 10.2. The van der Waals surface area contributed by atoms with Crippen LogP contribution in [0.25, 0.3) is 11.0 Å². The van der Waals surface area contributed by atoms with Crippen LogP contribution in [0, 0.1) is 0 Å². The number of aliphatic imine (C=N–C) groups is 1. The molecule has 1 amide bonds. The SMILES string of the molecule is O=C(COCCON(O)O)N1CCN=C1Nc1ccc2nccnc2c1Br. The van der Waals surface area contributed by atoms with Crippen molar-refractivity contribution in [3.63, 3.8) is 0 Å². The van der Waals surface area contributed by atoms with E-state index >= 15 is 0 Å². The topological polar surface area (TPSA) is 133 Å². The molecule has 1 aliphatic rings. The monoisotopic (exact) mass is 440 g/mol. The van der Waals surface area contributed by atoms with Crippen molar-refractivity contribution in [2.24, 2.45) is 4.99 Å². The number of amides is 1. The lowest BCUT2D eigenvalue weighted by Crippen LogP contribution is -2.40. The highest BCUT2D eigenvalue weighted by atomic mass is 79.9. The number of rotatable bonds is 7. The van der Waals surface area contributed by atoms with Gasteiger partial charge in [-0.2, -0.15) is 0 Å². The third-order valence-corrected chi connectivity index (χ3v) is 4.43. The summed E-state index contributed by atoms with van der Waals surface area (Å²) in [7, 11) is 0. The highest BCUT2D eigenvalue weighted by molar-refractivity contribution is 9.10. The number of nitrogens with zero attached hydrogens (tertiary/aromatic N) is 5. The number of guanidine groups is 1. The highest BCUT2D eigenvalue weighted by Crippen LogP contribution is 2.29. The molecule has 27 heavy (non-hydrogen) atoms. The molecule has 0 bridgehead atoms. The smallest absolute Gasteiger partial charge is 0.255 e. The number of halogens is 1. The Labute approximate surface area is 162 Å². The van der Waals surface area contributed by atoms with E-state index in [1.165, 1.54) is 4.90 Å². The maximum absolute atomic E-state index is 12.3. The normalized spacial score (nSPS) is 14.1. The van der Waals surface area contributed by atoms with Gasteiger partial charge in [0.25, 0.3) is 5.91 Å². The van der Waals surface area contributed by atoms with E-state index in [4.69, 9.17) is 15.2 Å². The number of nitrogens with one attached hydrogen (secondary N) is 1. The average molecular weight is 441 g/mol. The molecule has 144 valence electrons.